The molecule has 3 N–H and O–H groups in total. The molecule has 4 rings (SSSR count). The van der Waals surface area contributed by atoms with Gasteiger partial charge in [0.15, 0.2) is 5.78 Å². The van der Waals surface area contributed by atoms with Crippen molar-refractivity contribution in [3.63, 3.8) is 0 Å². The third kappa shape index (κ3) is 1.40. The van der Waals surface area contributed by atoms with Gasteiger partial charge in [0, 0.05) is 23.3 Å². The number of aromatic hydroxyl groups is 2. The largest absolute Gasteiger partial charge is 0.508 e. The number of rotatable bonds is 0. The Morgan fingerprint density at radius 2 is 1.57 bits per heavy atom. The third-order valence-corrected chi connectivity index (χ3v) is 3.73. The molecule has 0 aliphatic heterocycles. The highest BCUT2D eigenvalue weighted by Crippen LogP contribution is 2.38. The van der Waals surface area contributed by atoms with E-state index in [0.717, 1.165) is 6.07 Å². The predicted octanol–water partition coefficient (Wildman–Crippen LogP) is 2.35. The van der Waals surface area contributed by atoms with Gasteiger partial charge in [0.05, 0.1) is 22.2 Å². The number of fused-ring (bicyclic) bond motifs is 4. The van der Waals surface area contributed by atoms with Crippen LogP contribution in [0, 0.1) is 0 Å². The smallest absolute Gasteiger partial charge is 0.210 e. The van der Waals surface area contributed by atoms with Crippen LogP contribution in [0.3, 0.4) is 0 Å². The summed E-state index contributed by atoms with van der Waals surface area (Å²) in [6.45, 7) is 0. The maximum atomic E-state index is 12.6. The van der Waals surface area contributed by atoms with Gasteiger partial charge in [-0.2, -0.15) is 0 Å². The van der Waals surface area contributed by atoms with E-state index >= 15 is 0 Å². The standard InChI is InChI=1S/C16H9NO4/c18-7-5-10-12(11(19)6-7)13-14(17-10)16(21)9-4-2-1-3-8(9)15(13)20/h1-6,17-19H. The molecule has 0 saturated heterocycles. The molecule has 1 aliphatic carbocycles. The summed E-state index contributed by atoms with van der Waals surface area (Å²) in [5, 5.41) is 19.8. The molecule has 3 aromatic rings. The zero-order chi connectivity index (χ0) is 14.7. The number of aromatic nitrogens is 1. The Hall–Kier alpha value is -3.08. The second-order valence-corrected chi connectivity index (χ2v) is 4.97. The molecule has 1 aliphatic rings. The topological polar surface area (TPSA) is 90.4 Å². The number of carbonyl (C=O) groups is 2. The van der Waals surface area contributed by atoms with Crippen molar-refractivity contribution >= 4 is 22.5 Å². The number of benzene rings is 2. The van der Waals surface area contributed by atoms with Gasteiger partial charge in [0.2, 0.25) is 5.78 Å². The molecule has 102 valence electrons. The van der Waals surface area contributed by atoms with E-state index in [1.807, 2.05) is 0 Å². The predicted molar refractivity (Wildman–Crippen MR) is 74.9 cm³/mol. The van der Waals surface area contributed by atoms with Gasteiger partial charge in [-0.3, -0.25) is 9.59 Å². The van der Waals surface area contributed by atoms with E-state index in [1.165, 1.54) is 6.07 Å². The fraction of sp³-hybridized carbons (Fsp3) is 0. The first-order valence-electron chi connectivity index (χ1n) is 6.34. The Morgan fingerprint density at radius 1 is 0.905 bits per heavy atom. The number of hydrogen-bond donors (Lipinski definition) is 3. The minimum atomic E-state index is -0.313. The molecule has 0 radical (unpaired) electrons. The minimum Gasteiger partial charge on any atom is -0.508 e. The van der Waals surface area contributed by atoms with Gasteiger partial charge in [-0.05, 0) is 0 Å². The van der Waals surface area contributed by atoms with E-state index in [1.54, 1.807) is 24.3 Å². The second-order valence-electron chi connectivity index (χ2n) is 4.97. The van der Waals surface area contributed by atoms with Crippen molar-refractivity contribution < 1.29 is 19.8 Å². The van der Waals surface area contributed by atoms with Crippen LogP contribution in [0.4, 0.5) is 0 Å². The van der Waals surface area contributed by atoms with Crippen LogP contribution >= 0.6 is 0 Å². The highest BCUT2D eigenvalue weighted by atomic mass is 16.3. The molecule has 21 heavy (non-hydrogen) atoms. The summed E-state index contributed by atoms with van der Waals surface area (Å²) < 4.78 is 0. The maximum Gasteiger partial charge on any atom is 0.210 e. The highest BCUT2D eigenvalue weighted by molar-refractivity contribution is 6.32. The molecule has 0 bridgehead atoms. The summed E-state index contributed by atoms with van der Waals surface area (Å²) in [6.07, 6.45) is 0. The fourth-order valence-electron chi connectivity index (χ4n) is 2.84. The van der Waals surface area contributed by atoms with E-state index in [-0.39, 0.29) is 39.7 Å². The van der Waals surface area contributed by atoms with Crippen molar-refractivity contribution in [3.8, 4) is 11.5 Å². The lowest BCUT2D eigenvalue weighted by molar-refractivity contribution is 0.0978. The summed E-state index contributed by atoms with van der Waals surface area (Å²) in [5.41, 5.74) is 1.32. The lowest BCUT2D eigenvalue weighted by Crippen LogP contribution is -2.20. The SMILES string of the molecule is O=C1c2ccccc2C(=O)c2c1[nH]c1cc(O)cc(O)c21. The first-order chi connectivity index (χ1) is 10.1. The van der Waals surface area contributed by atoms with Gasteiger partial charge in [0.1, 0.15) is 11.5 Å². The number of phenols is 2. The Balaban J connectivity index is 2.14. The molecule has 0 fully saturated rings. The molecular weight excluding hydrogens is 270 g/mol. The number of phenolic OH excluding ortho intramolecular Hbond substituents is 2. The van der Waals surface area contributed by atoms with E-state index in [4.69, 9.17) is 0 Å². The molecule has 2 aromatic carbocycles. The highest BCUT2D eigenvalue weighted by Gasteiger charge is 2.33. The van der Waals surface area contributed by atoms with Crippen LogP contribution < -0.4 is 0 Å². The van der Waals surface area contributed by atoms with Crippen LogP contribution in [-0.4, -0.2) is 26.8 Å². The average Bonchev–Trinajstić information content (AvgIpc) is 2.84. The Morgan fingerprint density at radius 3 is 2.29 bits per heavy atom. The van der Waals surface area contributed by atoms with Gasteiger partial charge < -0.3 is 15.2 Å². The lowest BCUT2D eigenvalue weighted by Gasteiger charge is -2.14. The Bertz CT molecular complexity index is 952. The van der Waals surface area contributed by atoms with Crippen LogP contribution in [0.1, 0.15) is 32.0 Å². The van der Waals surface area contributed by atoms with Crippen LogP contribution in [-0.2, 0) is 0 Å². The normalized spacial score (nSPS) is 13.3. The molecule has 1 aromatic heterocycles. The van der Waals surface area contributed by atoms with Gasteiger partial charge in [-0.15, -0.1) is 0 Å². The molecular formula is C16H9NO4. The number of ketones is 2. The Labute approximate surface area is 118 Å². The minimum absolute atomic E-state index is 0.143. The summed E-state index contributed by atoms with van der Waals surface area (Å²) in [4.78, 5) is 27.9. The van der Waals surface area contributed by atoms with Gasteiger partial charge in [-0.1, -0.05) is 24.3 Å². The monoisotopic (exact) mass is 279 g/mol. The summed E-state index contributed by atoms with van der Waals surface area (Å²) in [6, 6.07) is 9.10. The van der Waals surface area contributed by atoms with E-state index in [0.29, 0.717) is 16.6 Å². The number of nitrogens with one attached hydrogen (secondary N) is 1. The van der Waals surface area contributed by atoms with Crippen molar-refractivity contribution in [2.24, 2.45) is 0 Å². The first-order valence-corrected chi connectivity index (χ1v) is 6.34. The van der Waals surface area contributed by atoms with Crippen LogP contribution in [0.5, 0.6) is 11.5 Å². The molecule has 1 heterocycles. The van der Waals surface area contributed by atoms with Gasteiger partial charge in [-0.25, -0.2) is 0 Å². The van der Waals surface area contributed by atoms with E-state index in [9.17, 15) is 19.8 Å². The van der Waals surface area contributed by atoms with Crippen molar-refractivity contribution in [1.29, 1.82) is 0 Å². The van der Waals surface area contributed by atoms with Crippen molar-refractivity contribution in [1.82, 2.24) is 4.98 Å². The number of hydrogen-bond acceptors (Lipinski definition) is 4. The van der Waals surface area contributed by atoms with Crippen LogP contribution in [0.15, 0.2) is 36.4 Å². The fourth-order valence-corrected chi connectivity index (χ4v) is 2.84. The van der Waals surface area contributed by atoms with Crippen LogP contribution in [0.2, 0.25) is 0 Å². The molecule has 0 spiro atoms. The Kier molecular flexibility index (Phi) is 2.08. The number of H-pyrrole nitrogens is 1. The lowest BCUT2D eigenvalue weighted by atomic mass is 9.87. The zero-order valence-electron chi connectivity index (χ0n) is 10.7. The van der Waals surface area contributed by atoms with Crippen molar-refractivity contribution in [2.45, 2.75) is 0 Å². The molecule has 5 nitrogen and oxygen atoms in total. The van der Waals surface area contributed by atoms with E-state index in [2.05, 4.69) is 4.98 Å². The summed E-state index contributed by atoms with van der Waals surface area (Å²) >= 11 is 0. The van der Waals surface area contributed by atoms with Crippen molar-refractivity contribution in [2.75, 3.05) is 0 Å². The van der Waals surface area contributed by atoms with Crippen LogP contribution in [0.25, 0.3) is 10.9 Å². The van der Waals surface area contributed by atoms with Gasteiger partial charge >= 0.3 is 0 Å². The number of carbonyl (C=O) groups excluding carboxylic acids is 2. The summed E-state index contributed by atoms with van der Waals surface area (Å²) in [7, 11) is 0. The maximum absolute atomic E-state index is 12.6. The zero-order valence-corrected chi connectivity index (χ0v) is 10.7. The molecule has 0 unspecified atom stereocenters. The molecule has 0 atom stereocenters. The molecule has 0 saturated carbocycles. The average molecular weight is 279 g/mol. The van der Waals surface area contributed by atoms with E-state index < -0.39 is 0 Å². The number of aromatic amines is 1. The quantitative estimate of drug-likeness (QED) is 0.461. The van der Waals surface area contributed by atoms with Gasteiger partial charge in [0.25, 0.3) is 0 Å². The third-order valence-electron chi connectivity index (χ3n) is 3.73. The second kappa shape index (κ2) is 3.73. The van der Waals surface area contributed by atoms with Crippen molar-refractivity contribution in [3.05, 3.63) is 58.8 Å². The first kappa shape index (κ1) is 11.7. The molecule has 0 amide bonds. The summed E-state index contributed by atoms with van der Waals surface area (Å²) in [5.74, 6) is -0.984. The molecule has 5 heteroatoms.